The number of fused-ring (bicyclic) bond motifs is 1. The van der Waals surface area contributed by atoms with Gasteiger partial charge in [0.2, 0.25) is 0 Å². The van der Waals surface area contributed by atoms with E-state index in [9.17, 15) is 15.0 Å². The second-order valence-electron chi connectivity index (χ2n) is 8.13. The summed E-state index contributed by atoms with van der Waals surface area (Å²) < 4.78 is 0. The molecule has 0 fully saturated rings. The van der Waals surface area contributed by atoms with Crippen molar-refractivity contribution in [1.82, 2.24) is 20.1 Å². The van der Waals surface area contributed by atoms with E-state index >= 15 is 0 Å². The minimum Gasteiger partial charge on any atom is -0.508 e. The van der Waals surface area contributed by atoms with Crippen molar-refractivity contribution < 1.29 is 15.0 Å². The number of pyridine rings is 1. The van der Waals surface area contributed by atoms with Crippen LogP contribution in [0.25, 0.3) is 11.3 Å². The first-order valence-corrected chi connectivity index (χ1v) is 10.3. The summed E-state index contributed by atoms with van der Waals surface area (Å²) in [6.07, 6.45) is 3.42. The maximum Gasteiger partial charge on any atom is 0.273 e. The molecule has 0 aliphatic carbocycles. The highest BCUT2D eigenvalue weighted by molar-refractivity contribution is 6.00. The number of phenolic OH excluding ortho intramolecular Hbond substituents is 2. The van der Waals surface area contributed by atoms with Gasteiger partial charge in [-0.3, -0.25) is 14.9 Å². The highest BCUT2D eigenvalue weighted by Gasteiger charge is 2.42. The predicted octanol–water partition coefficient (Wildman–Crippen LogP) is 4.25. The number of aromatic nitrogens is 3. The molecule has 0 bridgehead atoms. The average molecular weight is 426 g/mol. The van der Waals surface area contributed by atoms with Crippen molar-refractivity contribution in [2.24, 2.45) is 0 Å². The van der Waals surface area contributed by atoms with Gasteiger partial charge in [0.1, 0.15) is 22.9 Å². The lowest BCUT2D eigenvalue weighted by Gasteiger charge is -2.26. The molecule has 1 aliphatic rings. The summed E-state index contributed by atoms with van der Waals surface area (Å²) in [7, 11) is 0. The third-order valence-corrected chi connectivity index (χ3v) is 5.83. The molecule has 4 aromatic rings. The highest BCUT2D eigenvalue weighted by atomic mass is 16.3. The van der Waals surface area contributed by atoms with Crippen molar-refractivity contribution in [3.8, 4) is 22.8 Å². The smallest absolute Gasteiger partial charge is 0.273 e. The normalized spacial score (nSPS) is 15.2. The van der Waals surface area contributed by atoms with Crippen molar-refractivity contribution in [2.45, 2.75) is 26.4 Å². The molecule has 0 saturated carbocycles. The minimum atomic E-state index is -0.487. The van der Waals surface area contributed by atoms with Gasteiger partial charge in [0.15, 0.2) is 0 Å². The van der Waals surface area contributed by atoms with E-state index in [1.165, 1.54) is 0 Å². The molecule has 1 atom stereocenters. The molecule has 3 heterocycles. The summed E-state index contributed by atoms with van der Waals surface area (Å²) >= 11 is 0. The maximum absolute atomic E-state index is 13.4. The van der Waals surface area contributed by atoms with Gasteiger partial charge >= 0.3 is 0 Å². The molecule has 5 rings (SSSR count). The van der Waals surface area contributed by atoms with Gasteiger partial charge in [-0.1, -0.05) is 24.3 Å². The average Bonchev–Trinajstić information content (AvgIpc) is 3.31. The largest absolute Gasteiger partial charge is 0.508 e. The Kier molecular flexibility index (Phi) is 4.66. The fourth-order valence-electron chi connectivity index (χ4n) is 4.44. The monoisotopic (exact) mass is 426 g/mol. The summed E-state index contributed by atoms with van der Waals surface area (Å²) in [5.74, 6) is 0.0570. The van der Waals surface area contributed by atoms with Crippen molar-refractivity contribution in [3.63, 3.8) is 0 Å². The molecule has 7 nitrogen and oxygen atoms in total. The summed E-state index contributed by atoms with van der Waals surface area (Å²) in [6, 6.07) is 13.9. The van der Waals surface area contributed by atoms with Crippen LogP contribution in [-0.4, -0.2) is 36.2 Å². The van der Waals surface area contributed by atoms with Crippen LogP contribution in [-0.2, 0) is 6.54 Å². The van der Waals surface area contributed by atoms with E-state index < -0.39 is 6.04 Å². The fraction of sp³-hybridized carbons (Fsp3) is 0.160. The number of rotatable bonds is 4. The molecular weight excluding hydrogens is 404 g/mol. The Labute approximate surface area is 185 Å². The zero-order chi connectivity index (χ0) is 22.4. The van der Waals surface area contributed by atoms with E-state index in [0.29, 0.717) is 29.1 Å². The number of aryl methyl sites for hydroxylation is 2. The highest BCUT2D eigenvalue weighted by Crippen LogP contribution is 2.46. The number of aromatic amines is 1. The van der Waals surface area contributed by atoms with E-state index in [2.05, 4.69) is 15.2 Å². The van der Waals surface area contributed by atoms with E-state index in [1.807, 2.05) is 44.2 Å². The zero-order valence-corrected chi connectivity index (χ0v) is 17.7. The second kappa shape index (κ2) is 7.53. The molecule has 1 amide bonds. The molecule has 2 aromatic carbocycles. The van der Waals surface area contributed by atoms with Crippen molar-refractivity contribution >= 4 is 5.91 Å². The Morgan fingerprint density at radius 1 is 1.09 bits per heavy atom. The van der Waals surface area contributed by atoms with Gasteiger partial charge in [-0.2, -0.15) is 5.10 Å². The third kappa shape index (κ3) is 3.19. The molecule has 3 N–H and O–H groups in total. The van der Waals surface area contributed by atoms with Gasteiger partial charge < -0.3 is 15.1 Å². The first kappa shape index (κ1) is 19.8. The van der Waals surface area contributed by atoms with Crippen LogP contribution in [0.5, 0.6) is 11.5 Å². The van der Waals surface area contributed by atoms with Gasteiger partial charge in [0.25, 0.3) is 5.91 Å². The number of nitrogens with one attached hydrogen (secondary N) is 1. The number of aromatic hydroxyl groups is 2. The molecule has 0 saturated heterocycles. The lowest BCUT2D eigenvalue weighted by molar-refractivity contribution is 0.0729. The van der Waals surface area contributed by atoms with Crippen LogP contribution in [0.4, 0.5) is 0 Å². The van der Waals surface area contributed by atoms with E-state index in [4.69, 9.17) is 0 Å². The van der Waals surface area contributed by atoms with Gasteiger partial charge in [-0.25, -0.2) is 0 Å². The number of phenols is 2. The van der Waals surface area contributed by atoms with Crippen LogP contribution >= 0.6 is 0 Å². The topological polar surface area (TPSA) is 102 Å². The number of carbonyl (C=O) groups is 1. The van der Waals surface area contributed by atoms with E-state index in [-0.39, 0.29) is 17.4 Å². The molecule has 0 unspecified atom stereocenters. The molecule has 7 heteroatoms. The van der Waals surface area contributed by atoms with Crippen molar-refractivity contribution in [3.05, 3.63) is 94.4 Å². The number of hydrogen-bond acceptors (Lipinski definition) is 5. The van der Waals surface area contributed by atoms with E-state index in [0.717, 1.165) is 22.3 Å². The van der Waals surface area contributed by atoms with E-state index in [1.54, 1.807) is 35.5 Å². The summed E-state index contributed by atoms with van der Waals surface area (Å²) in [6.45, 7) is 4.13. The van der Waals surface area contributed by atoms with Gasteiger partial charge in [-0.05, 0) is 60.4 Å². The molecule has 0 spiro atoms. The maximum atomic E-state index is 13.4. The van der Waals surface area contributed by atoms with Crippen LogP contribution in [0.3, 0.4) is 0 Å². The number of amides is 1. The lowest BCUT2D eigenvalue weighted by atomic mass is 9.94. The molecule has 0 radical (unpaired) electrons. The molecule has 160 valence electrons. The number of H-pyrrole nitrogens is 1. The predicted molar refractivity (Wildman–Crippen MR) is 119 cm³/mol. The Morgan fingerprint density at radius 3 is 2.69 bits per heavy atom. The number of hydrogen-bond donors (Lipinski definition) is 3. The SMILES string of the molecule is Cc1cc(C)c(O)c(-c2n[nH]c3c2[C@@H](c2cccc(O)c2)N(Cc2cccnc2)C3=O)c1. The number of nitrogens with zero attached hydrogens (tertiary/aromatic N) is 3. The molecule has 1 aliphatic heterocycles. The third-order valence-electron chi connectivity index (χ3n) is 5.83. The Hall–Kier alpha value is -4.13. The quantitative estimate of drug-likeness (QED) is 0.453. The first-order chi connectivity index (χ1) is 15.4. The molecular formula is C25H22N4O3. The van der Waals surface area contributed by atoms with Gasteiger partial charge in [0, 0.05) is 30.1 Å². The lowest BCUT2D eigenvalue weighted by Crippen LogP contribution is -2.29. The summed E-state index contributed by atoms with van der Waals surface area (Å²) in [5.41, 5.74) is 5.54. The minimum absolute atomic E-state index is 0.115. The van der Waals surface area contributed by atoms with Crippen molar-refractivity contribution in [1.29, 1.82) is 0 Å². The van der Waals surface area contributed by atoms with Gasteiger partial charge in [0.05, 0.1) is 6.04 Å². The Morgan fingerprint density at radius 2 is 1.94 bits per heavy atom. The van der Waals surface area contributed by atoms with Crippen LogP contribution in [0.1, 0.15) is 44.3 Å². The standard InChI is InChI=1S/C25H22N4O3/c1-14-9-15(2)24(31)19(10-14)21-20-22(28-27-21)25(32)29(13-16-5-4-8-26-12-16)23(20)17-6-3-7-18(30)11-17/h3-12,23,30-31H,13H2,1-2H3,(H,27,28)/t23-/m1/s1. The second-order valence-corrected chi connectivity index (χ2v) is 8.13. The Balaban J connectivity index is 1.70. The first-order valence-electron chi connectivity index (χ1n) is 10.3. The number of benzene rings is 2. The molecule has 32 heavy (non-hydrogen) atoms. The summed E-state index contributed by atoms with van der Waals surface area (Å²) in [4.78, 5) is 19.3. The van der Waals surface area contributed by atoms with Crippen molar-refractivity contribution in [2.75, 3.05) is 0 Å². The number of carbonyl (C=O) groups excluding carboxylic acids is 1. The zero-order valence-electron chi connectivity index (χ0n) is 17.7. The van der Waals surface area contributed by atoms with Crippen LogP contribution in [0, 0.1) is 13.8 Å². The van der Waals surface area contributed by atoms with Crippen LogP contribution < -0.4 is 0 Å². The van der Waals surface area contributed by atoms with Crippen LogP contribution in [0.2, 0.25) is 0 Å². The molecule has 2 aromatic heterocycles. The van der Waals surface area contributed by atoms with Crippen LogP contribution in [0.15, 0.2) is 60.9 Å². The summed E-state index contributed by atoms with van der Waals surface area (Å²) in [5, 5.41) is 28.3. The Bertz CT molecular complexity index is 1330. The fourth-order valence-corrected chi connectivity index (χ4v) is 4.44. The van der Waals surface area contributed by atoms with Gasteiger partial charge in [-0.15, -0.1) is 0 Å².